The molecule has 0 bridgehead atoms. The van der Waals surface area contributed by atoms with E-state index >= 15 is 0 Å². The second-order valence-corrected chi connectivity index (χ2v) is 6.04. The summed E-state index contributed by atoms with van der Waals surface area (Å²) in [7, 11) is 0. The third-order valence-electron chi connectivity index (χ3n) is 4.30. The number of rotatable bonds is 6. The smallest absolute Gasteiger partial charge is 0.338 e. The van der Waals surface area contributed by atoms with Crippen molar-refractivity contribution in [2.75, 3.05) is 19.8 Å². The molecule has 1 aromatic carbocycles. The van der Waals surface area contributed by atoms with Gasteiger partial charge in [0.15, 0.2) is 18.1 Å². The van der Waals surface area contributed by atoms with Gasteiger partial charge in [-0.3, -0.25) is 4.79 Å². The number of Topliss-reactive ketones (excluding diaryl/α,β-unsaturated/α-hetero) is 1. The third-order valence-corrected chi connectivity index (χ3v) is 4.30. The molecule has 0 N–H and O–H groups in total. The number of hydrogen-bond donors (Lipinski definition) is 0. The molecule has 3 rings (SSSR count). The van der Waals surface area contributed by atoms with E-state index in [0.717, 1.165) is 11.4 Å². The van der Waals surface area contributed by atoms with Crippen LogP contribution in [0.3, 0.4) is 0 Å². The zero-order valence-electron chi connectivity index (χ0n) is 14.9. The van der Waals surface area contributed by atoms with Crippen LogP contribution < -0.4 is 9.47 Å². The molecule has 1 aromatic heterocycles. The maximum Gasteiger partial charge on any atom is 0.338 e. The highest BCUT2D eigenvalue weighted by atomic mass is 16.6. The van der Waals surface area contributed by atoms with Crippen LogP contribution in [-0.2, 0) is 11.3 Å². The number of benzene rings is 1. The fourth-order valence-electron chi connectivity index (χ4n) is 2.96. The van der Waals surface area contributed by atoms with Crippen molar-refractivity contribution in [2.24, 2.45) is 0 Å². The fraction of sp³-hybridized carbons (Fsp3) is 0.300. The van der Waals surface area contributed by atoms with E-state index in [-0.39, 0.29) is 12.4 Å². The van der Waals surface area contributed by atoms with Gasteiger partial charge in [-0.05, 0) is 38.1 Å². The largest absolute Gasteiger partial charge is 0.486 e. The summed E-state index contributed by atoms with van der Waals surface area (Å²) in [5, 5.41) is 0. The number of fused-ring (bicyclic) bond motifs is 1. The molecule has 6 nitrogen and oxygen atoms in total. The minimum Gasteiger partial charge on any atom is -0.486 e. The molecule has 26 heavy (non-hydrogen) atoms. The van der Waals surface area contributed by atoms with Gasteiger partial charge in [-0.2, -0.15) is 0 Å². The minimum atomic E-state index is -0.574. The normalized spacial score (nSPS) is 12.5. The molecular weight excluding hydrogens is 334 g/mol. The molecule has 0 amide bonds. The minimum absolute atomic E-state index is 0.237. The van der Waals surface area contributed by atoms with Gasteiger partial charge in [0.25, 0.3) is 0 Å². The average Bonchev–Trinajstić information content (AvgIpc) is 2.94. The highest BCUT2D eigenvalue weighted by molar-refractivity contribution is 6.00. The summed E-state index contributed by atoms with van der Waals surface area (Å²) >= 11 is 0. The number of carbonyl (C=O) groups excluding carboxylic acids is 2. The Morgan fingerprint density at radius 1 is 1.19 bits per heavy atom. The molecule has 0 aliphatic carbocycles. The topological polar surface area (TPSA) is 66.8 Å². The van der Waals surface area contributed by atoms with Crippen molar-refractivity contribution >= 4 is 11.8 Å². The molecule has 0 saturated carbocycles. The molecule has 1 aliphatic heterocycles. The second kappa shape index (κ2) is 7.47. The van der Waals surface area contributed by atoms with Gasteiger partial charge < -0.3 is 18.8 Å². The van der Waals surface area contributed by atoms with Gasteiger partial charge in [0.2, 0.25) is 5.78 Å². The molecule has 0 saturated heterocycles. The summed E-state index contributed by atoms with van der Waals surface area (Å²) in [5.41, 5.74) is 2.67. The van der Waals surface area contributed by atoms with Gasteiger partial charge in [-0.1, -0.05) is 6.08 Å². The zero-order valence-corrected chi connectivity index (χ0v) is 14.9. The first kappa shape index (κ1) is 17.8. The number of ketones is 1. The first-order valence-electron chi connectivity index (χ1n) is 8.39. The quantitative estimate of drug-likeness (QED) is 0.452. The zero-order chi connectivity index (χ0) is 18.7. The van der Waals surface area contributed by atoms with Gasteiger partial charge in [0.05, 0.1) is 5.56 Å². The molecule has 0 atom stereocenters. The predicted octanol–water partition coefficient (Wildman–Crippen LogP) is 3.10. The van der Waals surface area contributed by atoms with Crippen LogP contribution in [0.15, 0.2) is 36.9 Å². The summed E-state index contributed by atoms with van der Waals surface area (Å²) in [6.07, 6.45) is 1.77. The maximum absolute atomic E-state index is 12.4. The number of esters is 1. The van der Waals surface area contributed by atoms with E-state index < -0.39 is 5.97 Å². The van der Waals surface area contributed by atoms with Gasteiger partial charge in [-0.25, -0.2) is 4.79 Å². The van der Waals surface area contributed by atoms with Gasteiger partial charge in [-0.15, -0.1) is 6.58 Å². The maximum atomic E-state index is 12.4. The van der Waals surface area contributed by atoms with Crippen molar-refractivity contribution in [1.29, 1.82) is 0 Å². The summed E-state index contributed by atoms with van der Waals surface area (Å²) in [4.78, 5) is 24.7. The summed E-state index contributed by atoms with van der Waals surface area (Å²) in [5.74, 6) is 0.290. The number of allylic oxidation sites excluding steroid dienone is 1. The molecule has 0 spiro atoms. The number of ether oxygens (including phenoxy) is 3. The highest BCUT2D eigenvalue weighted by Gasteiger charge is 2.19. The Labute approximate surface area is 152 Å². The number of aryl methyl sites for hydroxylation is 1. The van der Waals surface area contributed by atoms with Crippen LogP contribution in [0.25, 0.3) is 0 Å². The molecule has 0 fully saturated rings. The van der Waals surface area contributed by atoms with Crippen LogP contribution in [0.4, 0.5) is 0 Å². The van der Waals surface area contributed by atoms with Crippen molar-refractivity contribution in [1.82, 2.24) is 4.57 Å². The van der Waals surface area contributed by atoms with Gasteiger partial charge in [0, 0.05) is 23.5 Å². The first-order chi connectivity index (χ1) is 12.5. The van der Waals surface area contributed by atoms with E-state index in [1.165, 1.54) is 0 Å². The number of aromatic nitrogens is 1. The monoisotopic (exact) mass is 355 g/mol. The first-order valence-corrected chi connectivity index (χ1v) is 8.39. The molecule has 1 aliphatic rings. The summed E-state index contributed by atoms with van der Waals surface area (Å²) in [6, 6.07) is 6.63. The number of nitrogens with zero attached hydrogens (tertiary/aromatic N) is 1. The van der Waals surface area contributed by atoms with E-state index in [1.807, 2.05) is 18.4 Å². The van der Waals surface area contributed by atoms with Crippen LogP contribution in [-0.4, -0.2) is 36.1 Å². The lowest BCUT2D eigenvalue weighted by Crippen LogP contribution is -2.17. The van der Waals surface area contributed by atoms with Gasteiger partial charge >= 0.3 is 5.97 Å². The lowest BCUT2D eigenvalue weighted by molar-refractivity contribution is 0.0473. The van der Waals surface area contributed by atoms with Crippen LogP contribution >= 0.6 is 0 Å². The van der Waals surface area contributed by atoms with Crippen molar-refractivity contribution in [3.8, 4) is 11.5 Å². The number of carbonyl (C=O) groups is 2. The van der Waals surface area contributed by atoms with Crippen LogP contribution in [0.2, 0.25) is 0 Å². The summed E-state index contributed by atoms with van der Waals surface area (Å²) in [6.45, 7) is 8.74. The predicted molar refractivity (Wildman–Crippen MR) is 96.1 cm³/mol. The SMILES string of the molecule is C=CCn1c(C)cc(C(=O)COC(=O)c2ccc3c(c2)OCCO3)c1C. The Balaban J connectivity index is 1.67. The van der Waals surface area contributed by atoms with Crippen LogP contribution in [0.5, 0.6) is 11.5 Å². The number of hydrogen-bond acceptors (Lipinski definition) is 5. The second-order valence-electron chi connectivity index (χ2n) is 6.04. The Kier molecular flexibility index (Phi) is 5.11. The van der Waals surface area contributed by atoms with Crippen LogP contribution in [0.1, 0.15) is 32.1 Å². The van der Waals surface area contributed by atoms with Crippen molar-refractivity contribution in [2.45, 2.75) is 20.4 Å². The Hall–Kier alpha value is -3.02. The molecule has 6 heteroatoms. The van der Waals surface area contributed by atoms with Crippen molar-refractivity contribution in [3.05, 3.63) is 59.4 Å². The van der Waals surface area contributed by atoms with E-state index in [4.69, 9.17) is 14.2 Å². The Bertz CT molecular complexity index is 865. The molecule has 0 radical (unpaired) electrons. The lowest BCUT2D eigenvalue weighted by Gasteiger charge is -2.18. The van der Waals surface area contributed by atoms with Crippen LogP contribution in [0, 0.1) is 13.8 Å². The fourth-order valence-corrected chi connectivity index (χ4v) is 2.96. The van der Waals surface area contributed by atoms with Crippen molar-refractivity contribution in [3.63, 3.8) is 0 Å². The van der Waals surface area contributed by atoms with E-state index in [9.17, 15) is 9.59 Å². The standard InChI is InChI=1S/C20H21NO5/c1-4-7-21-13(2)10-16(14(21)3)17(22)12-26-20(23)15-5-6-18-19(11-15)25-9-8-24-18/h4-6,10-11H,1,7-9,12H2,2-3H3. The van der Waals surface area contributed by atoms with Gasteiger partial charge in [0.1, 0.15) is 13.2 Å². The van der Waals surface area contributed by atoms with E-state index in [1.54, 1.807) is 30.3 Å². The highest BCUT2D eigenvalue weighted by Crippen LogP contribution is 2.31. The molecule has 2 heterocycles. The lowest BCUT2D eigenvalue weighted by atomic mass is 10.1. The van der Waals surface area contributed by atoms with E-state index in [0.29, 0.717) is 42.4 Å². The molecule has 136 valence electrons. The molecule has 2 aromatic rings. The Morgan fingerprint density at radius 3 is 2.65 bits per heavy atom. The molecular formula is C20H21NO5. The van der Waals surface area contributed by atoms with Crippen molar-refractivity contribution < 1.29 is 23.8 Å². The Morgan fingerprint density at radius 2 is 1.92 bits per heavy atom. The summed E-state index contributed by atoms with van der Waals surface area (Å²) < 4.78 is 18.0. The van der Waals surface area contributed by atoms with E-state index in [2.05, 4.69) is 6.58 Å². The third kappa shape index (κ3) is 3.49. The average molecular weight is 355 g/mol. The molecule has 0 unspecified atom stereocenters.